The van der Waals surface area contributed by atoms with E-state index in [2.05, 4.69) is 9.97 Å². The van der Waals surface area contributed by atoms with Crippen LogP contribution in [-0.4, -0.2) is 44.9 Å². The number of rotatable bonds is 4. The number of hydrogen-bond donors (Lipinski definition) is 2. The Morgan fingerprint density at radius 2 is 2.27 bits per heavy atom. The van der Waals surface area contributed by atoms with Crippen molar-refractivity contribution in [3.05, 3.63) is 29.8 Å². The number of carbonyl (C=O) groups excluding carboxylic acids is 1. The van der Waals surface area contributed by atoms with Crippen molar-refractivity contribution >= 4 is 22.9 Å². The van der Waals surface area contributed by atoms with Crippen LogP contribution in [0.25, 0.3) is 11.0 Å². The molecule has 7 heteroatoms. The molecule has 6 nitrogen and oxygen atoms in total. The third-order valence-corrected chi connectivity index (χ3v) is 3.96. The molecule has 0 spiro atoms. The molecule has 3 rings (SSSR count). The quantitative estimate of drug-likeness (QED) is 0.897. The molecule has 0 unspecified atom stereocenters. The lowest BCUT2D eigenvalue weighted by Gasteiger charge is -2.15. The van der Waals surface area contributed by atoms with Crippen molar-refractivity contribution in [2.24, 2.45) is 5.92 Å². The number of aromatic nitrogens is 2. The summed E-state index contributed by atoms with van der Waals surface area (Å²) in [6.45, 7) is 0.765. The number of halogens is 1. The standard InChI is InChI=1S/C15H16FN3O3/c16-10-1-2-11-12(7-10)18-13(17-11)3-4-14(20)19-6-5-9(8-19)15(21)22/h1-2,7,9H,3-6,8H2,(H,17,18)(H,21,22)/t9-/m1/s1. The third-order valence-electron chi connectivity index (χ3n) is 3.96. The van der Waals surface area contributed by atoms with E-state index in [1.165, 1.54) is 12.1 Å². The van der Waals surface area contributed by atoms with Crippen LogP contribution in [0, 0.1) is 11.7 Å². The number of hydrogen-bond acceptors (Lipinski definition) is 3. The molecule has 1 amide bonds. The van der Waals surface area contributed by atoms with Crippen LogP contribution in [0.1, 0.15) is 18.7 Å². The summed E-state index contributed by atoms with van der Waals surface area (Å²) in [5.41, 5.74) is 1.27. The Labute approximate surface area is 125 Å². The van der Waals surface area contributed by atoms with E-state index in [1.54, 1.807) is 11.0 Å². The lowest BCUT2D eigenvalue weighted by Crippen LogP contribution is -2.30. The van der Waals surface area contributed by atoms with Gasteiger partial charge >= 0.3 is 5.97 Å². The Balaban J connectivity index is 1.59. The molecule has 2 heterocycles. The number of carbonyl (C=O) groups is 2. The van der Waals surface area contributed by atoms with Gasteiger partial charge in [-0.1, -0.05) is 0 Å². The van der Waals surface area contributed by atoms with Gasteiger partial charge in [0.1, 0.15) is 11.6 Å². The number of carboxylic acids is 1. The Morgan fingerprint density at radius 3 is 3.00 bits per heavy atom. The highest BCUT2D eigenvalue weighted by Crippen LogP contribution is 2.18. The number of aliphatic carboxylic acids is 1. The average molecular weight is 305 g/mol. The minimum atomic E-state index is -0.852. The van der Waals surface area contributed by atoms with Gasteiger partial charge in [-0.05, 0) is 24.6 Å². The summed E-state index contributed by atoms with van der Waals surface area (Å²) in [7, 11) is 0. The Kier molecular flexibility index (Phi) is 3.79. The molecule has 1 aliphatic heterocycles. The van der Waals surface area contributed by atoms with Gasteiger partial charge in [0.25, 0.3) is 0 Å². The molecule has 1 saturated heterocycles. The van der Waals surface area contributed by atoms with Crippen molar-refractivity contribution in [3.63, 3.8) is 0 Å². The van der Waals surface area contributed by atoms with Gasteiger partial charge in [0.2, 0.25) is 5.91 Å². The van der Waals surface area contributed by atoms with Gasteiger partial charge in [-0.25, -0.2) is 9.37 Å². The first-order chi connectivity index (χ1) is 10.5. The molecule has 0 bridgehead atoms. The lowest BCUT2D eigenvalue weighted by molar-refractivity contribution is -0.141. The van der Waals surface area contributed by atoms with Crippen molar-refractivity contribution in [2.45, 2.75) is 19.3 Å². The number of likely N-dealkylation sites (tertiary alicyclic amines) is 1. The summed E-state index contributed by atoms with van der Waals surface area (Å²) in [4.78, 5) is 31.9. The fourth-order valence-corrected chi connectivity index (χ4v) is 2.72. The van der Waals surface area contributed by atoms with Crippen molar-refractivity contribution in [2.75, 3.05) is 13.1 Å². The van der Waals surface area contributed by atoms with E-state index < -0.39 is 11.9 Å². The lowest BCUT2D eigenvalue weighted by atomic mass is 10.1. The van der Waals surface area contributed by atoms with Crippen LogP contribution >= 0.6 is 0 Å². The molecule has 2 N–H and O–H groups in total. The van der Waals surface area contributed by atoms with Crippen LogP contribution in [0.4, 0.5) is 4.39 Å². The largest absolute Gasteiger partial charge is 0.481 e. The predicted octanol–water partition coefficient (Wildman–Crippen LogP) is 1.57. The molecule has 0 saturated carbocycles. The molecule has 0 radical (unpaired) electrons. The van der Waals surface area contributed by atoms with Crippen molar-refractivity contribution in [1.82, 2.24) is 14.9 Å². The van der Waals surface area contributed by atoms with E-state index in [-0.39, 0.29) is 24.7 Å². The number of aryl methyl sites for hydroxylation is 1. The smallest absolute Gasteiger partial charge is 0.308 e. The van der Waals surface area contributed by atoms with Gasteiger partial charge in [0, 0.05) is 25.9 Å². The molecule has 22 heavy (non-hydrogen) atoms. The van der Waals surface area contributed by atoms with Gasteiger partial charge in [0.05, 0.1) is 17.0 Å². The molecule has 1 fully saturated rings. The molecule has 1 aromatic carbocycles. The van der Waals surface area contributed by atoms with Gasteiger partial charge in [0.15, 0.2) is 0 Å². The van der Waals surface area contributed by atoms with Crippen LogP contribution in [-0.2, 0) is 16.0 Å². The summed E-state index contributed by atoms with van der Waals surface area (Å²) >= 11 is 0. The summed E-state index contributed by atoms with van der Waals surface area (Å²) in [5.74, 6) is -1.10. The zero-order valence-corrected chi connectivity index (χ0v) is 11.9. The highest BCUT2D eigenvalue weighted by atomic mass is 19.1. The van der Waals surface area contributed by atoms with Crippen LogP contribution in [0.5, 0.6) is 0 Å². The van der Waals surface area contributed by atoms with Crippen LogP contribution < -0.4 is 0 Å². The first-order valence-electron chi connectivity index (χ1n) is 7.17. The maximum atomic E-state index is 13.1. The van der Waals surface area contributed by atoms with Crippen molar-refractivity contribution < 1.29 is 19.1 Å². The maximum Gasteiger partial charge on any atom is 0.308 e. The second-order valence-electron chi connectivity index (χ2n) is 5.51. The van der Waals surface area contributed by atoms with Crippen molar-refractivity contribution in [1.29, 1.82) is 0 Å². The maximum absolute atomic E-state index is 13.1. The molecule has 1 aliphatic rings. The summed E-state index contributed by atoms with van der Waals surface area (Å²) in [6, 6.07) is 4.30. The number of benzene rings is 1. The number of fused-ring (bicyclic) bond motifs is 1. The van der Waals surface area contributed by atoms with Gasteiger partial charge in [-0.3, -0.25) is 9.59 Å². The number of aromatic amines is 1. The van der Waals surface area contributed by atoms with E-state index in [9.17, 15) is 14.0 Å². The molecule has 2 aromatic rings. The summed E-state index contributed by atoms with van der Waals surface area (Å²) < 4.78 is 13.1. The zero-order chi connectivity index (χ0) is 15.7. The predicted molar refractivity (Wildman–Crippen MR) is 76.7 cm³/mol. The first-order valence-corrected chi connectivity index (χ1v) is 7.17. The topological polar surface area (TPSA) is 86.3 Å². The first kappa shape index (κ1) is 14.5. The highest BCUT2D eigenvalue weighted by Gasteiger charge is 2.30. The third kappa shape index (κ3) is 2.93. The number of nitrogens with one attached hydrogen (secondary N) is 1. The van der Waals surface area contributed by atoms with Crippen molar-refractivity contribution in [3.8, 4) is 0 Å². The SMILES string of the molecule is O=C(O)[C@@H]1CCN(C(=O)CCc2nc3ccc(F)cc3[nH]2)C1. The Hall–Kier alpha value is -2.44. The Morgan fingerprint density at radius 1 is 1.45 bits per heavy atom. The number of nitrogens with zero attached hydrogens (tertiary/aromatic N) is 2. The number of H-pyrrole nitrogens is 1. The fraction of sp³-hybridized carbons (Fsp3) is 0.400. The molecule has 1 aromatic heterocycles. The van der Waals surface area contributed by atoms with E-state index in [0.717, 1.165) is 0 Å². The summed E-state index contributed by atoms with van der Waals surface area (Å²) in [6.07, 6.45) is 1.18. The normalized spacial score (nSPS) is 18.0. The second-order valence-corrected chi connectivity index (χ2v) is 5.51. The minimum Gasteiger partial charge on any atom is -0.481 e. The minimum absolute atomic E-state index is 0.0737. The zero-order valence-electron chi connectivity index (χ0n) is 11.9. The summed E-state index contributed by atoms with van der Waals surface area (Å²) in [5, 5.41) is 8.94. The number of carboxylic acid groups (broad SMARTS) is 1. The Bertz CT molecular complexity index is 728. The van der Waals surface area contributed by atoms with Crippen LogP contribution in [0.2, 0.25) is 0 Å². The van der Waals surface area contributed by atoms with E-state index in [0.29, 0.717) is 36.2 Å². The van der Waals surface area contributed by atoms with E-state index in [1.807, 2.05) is 0 Å². The second kappa shape index (κ2) is 5.75. The van der Waals surface area contributed by atoms with Gasteiger partial charge < -0.3 is 15.0 Å². The monoisotopic (exact) mass is 305 g/mol. The molecule has 116 valence electrons. The average Bonchev–Trinajstić information content (AvgIpc) is 3.10. The van der Waals surface area contributed by atoms with Gasteiger partial charge in [-0.15, -0.1) is 0 Å². The highest BCUT2D eigenvalue weighted by molar-refractivity contribution is 5.79. The molecule has 0 aliphatic carbocycles. The van der Waals surface area contributed by atoms with Gasteiger partial charge in [-0.2, -0.15) is 0 Å². The molecular formula is C15H16FN3O3. The number of amides is 1. The molecular weight excluding hydrogens is 289 g/mol. The number of imidazole rings is 1. The fourth-order valence-electron chi connectivity index (χ4n) is 2.72. The van der Waals surface area contributed by atoms with Crippen LogP contribution in [0.3, 0.4) is 0 Å². The van der Waals surface area contributed by atoms with Crippen LogP contribution in [0.15, 0.2) is 18.2 Å². The van der Waals surface area contributed by atoms with E-state index >= 15 is 0 Å². The molecule has 1 atom stereocenters. The van der Waals surface area contributed by atoms with E-state index in [4.69, 9.17) is 5.11 Å².